The van der Waals surface area contributed by atoms with Gasteiger partial charge in [-0.2, -0.15) is 0 Å². The van der Waals surface area contributed by atoms with Crippen LogP contribution in [0.5, 0.6) is 5.75 Å². The van der Waals surface area contributed by atoms with Gasteiger partial charge >= 0.3 is 5.97 Å². The van der Waals surface area contributed by atoms with Crippen molar-refractivity contribution in [3.63, 3.8) is 0 Å². The maximum atomic E-state index is 13.2. The quantitative estimate of drug-likeness (QED) is 0.635. The van der Waals surface area contributed by atoms with Crippen LogP contribution in [0.15, 0.2) is 18.2 Å². The monoisotopic (exact) mass is 196 g/mol. The number of benzene rings is 1. The largest absolute Gasteiger partial charge is 0.478 e. The number of carbonyl (C=O) groups is 1. The lowest BCUT2D eigenvalue weighted by Gasteiger charge is -2.06. The Hall–Kier alpha value is -1.58. The third-order valence-corrected chi connectivity index (χ3v) is 2.20. The number of ether oxygens (including phenoxy) is 2. The zero-order valence-corrected chi connectivity index (χ0v) is 7.62. The molecule has 0 aromatic heterocycles. The van der Waals surface area contributed by atoms with Crippen LogP contribution in [0.1, 0.15) is 5.56 Å². The molecule has 1 heterocycles. The average molecular weight is 196 g/mol. The maximum absolute atomic E-state index is 13.2. The highest BCUT2D eigenvalue weighted by atomic mass is 19.1. The summed E-state index contributed by atoms with van der Waals surface area (Å²) in [7, 11) is 1.28. The topological polar surface area (TPSA) is 35.5 Å². The number of methoxy groups -OCH3 is 1. The van der Waals surface area contributed by atoms with Crippen LogP contribution >= 0.6 is 0 Å². The SMILES string of the molecule is COC(=O)C1Cc2c(F)cccc2O1. The number of rotatable bonds is 1. The maximum Gasteiger partial charge on any atom is 0.347 e. The van der Waals surface area contributed by atoms with Gasteiger partial charge in [0.1, 0.15) is 11.6 Å². The highest BCUT2D eigenvalue weighted by molar-refractivity contribution is 5.76. The fourth-order valence-corrected chi connectivity index (χ4v) is 1.49. The van der Waals surface area contributed by atoms with Gasteiger partial charge in [-0.05, 0) is 12.1 Å². The second-order valence-corrected chi connectivity index (χ2v) is 3.05. The molecule has 1 unspecified atom stereocenters. The summed E-state index contributed by atoms with van der Waals surface area (Å²) in [6.07, 6.45) is -0.457. The molecule has 0 N–H and O–H groups in total. The van der Waals surface area contributed by atoms with Crippen LogP contribution in [0.25, 0.3) is 0 Å². The zero-order valence-electron chi connectivity index (χ0n) is 7.62. The Labute approximate surface area is 80.4 Å². The molecule has 14 heavy (non-hydrogen) atoms. The molecule has 0 aliphatic carbocycles. The van der Waals surface area contributed by atoms with Crippen LogP contribution in [-0.4, -0.2) is 19.2 Å². The molecule has 0 saturated heterocycles. The number of fused-ring (bicyclic) bond motifs is 1. The van der Waals surface area contributed by atoms with Gasteiger partial charge in [-0.15, -0.1) is 0 Å². The van der Waals surface area contributed by atoms with Crippen LogP contribution in [-0.2, 0) is 16.0 Å². The summed E-state index contributed by atoms with van der Waals surface area (Å²) in [5.74, 6) is -0.380. The summed E-state index contributed by atoms with van der Waals surface area (Å²) in [6.45, 7) is 0. The summed E-state index contributed by atoms with van der Waals surface area (Å²) >= 11 is 0. The molecule has 3 nitrogen and oxygen atoms in total. The Kier molecular flexibility index (Phi) is 2.11. The van der Waals surface area contributed by atoms with Crippen molar-refractivity contribution in [3.8, 4) is 5.75 Å². The van der Waals surface area contributed by atoms with Gasteiger partial charge in [0.25, 0.3) is 0 Å². The Balaban J connectivity index is 2.26. The molecule has 1 aromatic carbocycles. The third-order valence-electron chi connectivity index (χ3n) is 2.20. The van der Waals surface area contributed by atoms with Crippen molar-refractivity contribution in [1.82, 2.24) is 0 Å². The molecule has 1 aliphatic rings. The van der Waals surface area contributed by atoms with E-state index in [-0.39, 0.29) is 12.2 Å². The summed E-state index contributed by atoms with van der Waals surface area (Å²) in [5.41, 5.74) is 0.447. The van der Waals surface area contributed by atoms with Gasteiger partial charge < -0.3 is 9.47 Å². The molecule has 0 fully saturated rings. The van der Waals surface area contributed by atoms with Crippen molar-refractivity contribution in [2.45, 2.75) is 12.5 Å². The lowest BCUT2D eigenvalue weighted by molar-refractivity contribution is -0.147. The standard InChI is InChI=1S/C10H9FO3/c1-13-10(12)9-5-6-7(11)3-2-4-8(6)14-9/h2-4,9H,5H2,1H3. The highest BCUT2D eigenvalue weighted by Crippen LogP contribution is 2.30. The first-order valence-corrected chi connectivity index (χ1v) is 4.24. The highest BCUT2D eigenvalue weighted by Gasteiger charge is 2.31. The van der Waals surface area contributed by atoms with Crippen molar-refractivity contribution in [1.29, 1.82) is 0 Å². The normalized spacial score (nSPS) is 18.6. The molecular weight excluding hydrogens is 187 g/mol. The van der Waals surface area contributed by atoms with Gasteiger partial charge in [0, 0.05) is 12.0 Å². The predicted octanol–water partition coefficient (Wildman–Crippen LogP) is 1.30. The number of halogens is 1. The van der Waals surface area contributed by atoms with Crippen LogP contribution in [0.3, 0.4) is 0 Å². The fourth-order valence-electron chi connectivity index (χ4n) is 1.49. The van der Waals surface area contributed by atoms with E-state index in [2.05, 4.69) is 4.74 Å². The first-order chi connectivity index (χ1) is 6.72. The molecule has 2 rings (SSSR count). The van der Waals surface area contributed by atoms with Gasteiger partial charge in [-0.3, -0.25) is 0 Å². The van der Waals surface area contributed by atoms with E-state index in [1.165, 1.54) is 13.2 Å². The van der Waals surface area contributed by atoms with Crippen molar-refractivity contribution in [2.24, 2.45) is 0 Å². The first kappa shape index (κ1) is 8.99. The molecule has 0 saturated carbocycles. The molecule has 0 radical (unpaired) electrons. The number of carbonyl (C=O) groups excluding carboxylic acids is 1. The van der Waals surface area contributed by atoms with Crippen LogP contribution < -0.4 is 4.74 Å². The van der Waals surface area contributed by atoms with Crippen molar-refractivity contribution in [3.05, 3.63) is 29.6 Å². The molecule has 0 spiro atoms. The molecule has 1 aromatic rings. The van der Waals surface area contributed by atoms with Gasteiger partial charge in [0.15, 0.2) is 6.10 Å². The number of esters is 1. The Morgan fingerprint density at radius 1 is 1.64 bits per heavy atom. The molecule has 0 bridgehead atoms. The van der Waals surface area contributed by atoms with E-state index in [0.29, 0.717) is 11.3 Å². The number of hydrogen-bond acceptors (Lipinski definition) is 3. The minimum absolute atomic E-state index is 0.245. The van der Waals surface area contributed by atoms with Crippen molar-refractivity contribution >= 4 is 5.97 Å². The van der Waals surface area contributed by atoms with Gasteiger partial charge in [0.2, 0.25) is 0 Å². The molecule has 1 atom stereocenters. The Morgan fingerprint density at radius 3 is 3.07 bits per heavy atom. The second-order valence-electron chi connectivity index (χ2n) is 3.05. The summed E-state index contributed by atoms with van der Waals surface area (Å²) in [5, 5.41) is 0. The van der Waals surface area contributed by atoms with Crippen molar-refractivity contribution < 1.29 is 18.7 Å². The molecular formula is C10H9FO3. The minimum atomic E-state index is -0.702. The minimum Gasteiger partial charge on any atom is -0.478 e. The van der Waals surface area contributed by atoms with Crippen LogP contribution in [0.2, 0.25) is 0 Å². The van der Waals surface area contributed by atoms with Crippen molar-refractivity contribution in [2.75, 3.05) is 7.11 Å². The zero-order chi connectivity index (χ0) is 10.1. The Morgan fingerprint density at radius 2 is 2.43 bits per heavy atom. The van der Waals surface area contributed by atoms with E-state index < -0.39 is 12.1 Å². The summed E-state index contributed by atoms with van der Waals surface area (Å²) in [4.78, 5) is 11.1. The Bertz CT molecular complexity index is 376. The molecule has 0 amide bonds. The van der Waals surface area contributed by atoms with Crippen LogP contribution in [0, 0.1) is 5.82 Å². The van der Waals surface area contributed by atoms with E-state index in [1.54, 1.807) is 12.1 Å². The summed E-state index contributed by atoms with van der Waals surface area (Å²) in [6, 6.07) is 4.54. The second kappa shape index (κ2) is 3.29. The summed E-state index contributed by atoms with van der Waals surface area (Å²) < 4.78 is 22.9. The predicted molar refractivity (Wildman–Crippen MR) is 46.5 cm³/mol. The number of hydrogen-bond donors (Lipinski definition) is 0. The van der Waals surface area contributed by atoms with E-state index in [1.807, 2.05) is 0 Å². The molecule has 4 heteroatoms. The van der Waals surface area contributed by atoms with E-state index in [9.17, 15) is 9.18 Å². The van der Waals surface area contributed by atoms with Crippen LogP contribution in [0.4, 0.5) is 4.39 Å². The average Bonchev–Trinajstić information content (AvgIpc) is 2.62. The third kappa shape index (κ3) is 1.32. The van der Waals surface area contributed by atoms with Gasteiger partial charge in [-0.1, -0.05) is 6.07 Å². The molecule has 74 valence electrons. The van der Waals surface area contributed by atoms with E-state index in [4.69, 9.17) is 4.74 Å². The lowest BCUT2D eigenvalue weighted by atomic mass is 10.1. The lowest BCUT2D eigenvalue weighted by Crippen LogP contribution is -2.26. The van der Waals surface area contributed by atoms with E-state index in [0.717, 1.165) is 0 Å². The first-order valence-electron chi connectivity index (χ1n) is 4.24. The van der Waals surface area contributed by atoms with Gasteiger partial charge in [0.05, 0.1) is 7.11 Å². The van der Waals surface area contributed by atoms with Gasteiger partial charge in [-0.25, -0.2) is 9.18 Å². The molecule has 1 aliphatic heterocycles. The van der Waals surface area contributed by atoms with E-state index >= 15 is 0 Å². The smallest absolute Gasteiger partial charge is 0.347 e. The fraction of sp³-hybridized carbons (Fsp3) is 0.300.